The molecule has 82 valence electrons. The molecule has 5 heteroatoms. The standard InChI is InChI=1S/C8H8O3S.C2H4O/c1-2-7-3-5-8(6-4-7)12(9,10)11;1-2-3-1/h2-6H,1H2,(H,9,10,11);1-2H2. The van der Waals surface area contributed by atoms with E-state index in [4.69, 9.17) is 4.55 Å². The van der Waals surface area contributed by atoms with Gasteiger partial charge in [-0.1, -0.05) is 24.8 Å². The average Bonchev–Trinajstić information content (AvgIpc) is 3.03. The third-order valence-electron chi connectivity index (χ3n) is 1.62. The number of rotatable bonds is 2. The fraction of sp³-hybridized carbons (Fsp3) is 0.200. The predicted molar refractivity (Wildman–Crippen MR) is 57.2 cm³/mol. The monoisotopic (exact) mass is 228 g/mol. The Kier molecular flexibility index (Phi) is 4.02. The van der Waals surface area contributed by atoms with Crippen molar-refractivity contribution in [2.45, 2.75) is 4.90 Å². The molecule has 1 aliphatic heterocycles. The van der Waals surface area contributed by atoms with E-state index in [1.807, 2.05) is 0 Å². The highest BCUT2D eigenvalue weighted by atomic mass is 32.2. The molecule has 0 aromatic heterocycles. The van der Waals surface area contributed by atoms with Gasteiger partial charge in [-0.2, -0.15) is 8.42 Å². The molecule has 0 spiro atoms. The third-order valence-corrected chi connectivity index (χ3v) is 2.49. The van der Waals surface area contributed by atoms with Crippen LogP contribution in [0.25, 0.3) is 6.08 Å². The summed E-state index contributed by atoms with van der Waals surface area (Å²) in [5.41, 5.74) is 0.808. The van der Waals surface area contributed by atoms with Crippen molar-refractivity contribution in [3.05, 3.63) is 36.4 Å². The lowest BCUT2D eigenvalue weighted by Gasteiger charge is -1.96. The molecule has 2 rings (SSSR count). The number of ether oxygens (including phenoxy) is 1. The van der Waals surface area contributed by atoms with Crippen molar-refractivity contribution in [1.82, 2.24) is 0 Å². The fourth-order valence-electron chi connectivity index (χ4n) is 0.776. The van der Waals surface area contributed by atoms with E-state index in [-0.39, 0.29) is 4.90 Å². The molecule has 0 amide bonds. The highest BCUT2D eigenvalue weighted by Gasteiger charge is 2.07. The van der Waals surface area contributed by atoms with Gasteiger partial charge in [-0.25, -0.2) is 0 Å². The van der Waals surface area contributed by atoms with Gasteiger partial charge in [0, 0.05) is 0 Å². The van der Waals surface area contributed by atoms with Gasteiger partial charge in [-0.3, -0.25) is 4.55 Å². The molecule has 1 heterocycles. The molecule has 0 bridgehead atoms. The average molecular weight is 228 g/mol. The first kappa shape index (κ1) is 11.9. The highest BCUT2D eigenvalue weighted by molar-refractivity contribution is 7.85. The predicted octanol–water partition coefficient (Wildman–Crippen LogP) is 1.59. The van der Waals surface area contributed by atoms with Gasteiger partial charge < -0.3 is 4.74 Å². The van der Waals surface area contributed by atoms with E-state index < -0.39 is 10.1 Å². The van der Waals surface area contributed by atoms with E-state index in [0.29, 0.717) is 0 Å². The van der Waals surface area contributed by atoms with Crippen LogP contribution in [-0.4, -0.2) is 26.2 Å². The number of benzene rings is 1. The lowest BCUT2D eigenvalue weighted by Crippen LogP contribution is -1.96. The van der Waals surface area contributed by atoms with Gasteiger partial charge in [0.25, 0.3) is 10.1 Å². The van der Waals surface area contributed by atoms with Crippen molar-refractivity contribution in [3.63, 3.8) is 0 Å². The summed E-state index contributed by atoms with van der Waals surface area (Å²) in [6.45, 7) is 5.51. The molecule has 1 fully saturated rings. The SMILES string of the molecule is C1CO1.C=Cc1ccc(S(=O)(=O)O)cc1. The van der Waals surface area contributed by atoms with Gasteiger partial charge in [-0.15, -0.1) is 0 Å². The molecule has 0 aliphatic carbocycles. The van der Waals surface area contributed by atoms with Crippen LogP contribution in [0.1, 0.15) is 5.56 Å². The molecule has 0 saturated carbocycles. The van der Waals surface area contributed by atoms with Gasteiger partial charge in [0.15, 0.2) is 0 Å². The summed E-state index contributed by atoms with van der Waals surface area (Å²) in [6.07, 6.45) is 1.59. The quantitative estimate of drug-likeness (QED) is 0.616. The summed E-state index contributed by atoms with van der Waals surface area (Å²) in [4.78, 5) is -0.104. The van der Waals surface area contributed by atoms with Gasteiger partial charge in [-0.05, 0) is 17.7 Å². The Morgan fingerprint density at radius 2 is 1.73 bits per heavy atom. The van der Waals surface area contributed by atoms with E-state index in [2.05, 4.69) is 11.3 Å². The maximum Gasteiger partial charge on any atom is 0.294 e. The summed E-state index contributed by atoms with van der Waals surface area (Å²) < 4.78 is 34.2. The fourth-order valence-corrected chi connectivity index (χ4v) is 1.26. The van der Waals surface area contributed by atoms with Gasteiger partial charge >= 0.3 is 0 Å². The van der Waals surface area contributed by atoms with Gasteiger partial charge in [0.05, 0.1) is 18.1 Å². The zero-order valence-electron chi connectivity index (χ0n) is 8.09. The van der Waals surface area contributed by atoms with Gasteiger partial charge in [0.1, 0.15) is 0 Å². The minimum absolute atomic E-state index is 0.104. The molecular formula is C10H12O4S. The third kappa shape index (κ3) is 4.73. The minimum atomic E-state index is -4.06. The van der Waals surface area contributed by atoms with E-state index in [1.165, 1.54) is 12.1 Å². The smallest absolute Gasteiger partial charge is 0.294 e. The lowest BCUT2D eigenvalue weighted by atomic mass is 10.2. The Balaban J connectivity index is 0.000000319. The van der Waals surface area contributed by atoms with Crippen molar-refractivity contribution in [1.29, 1.82) is 0 Å². The van der Waals surface area contributed by atoms with Crippen LogP contribution in [0.4, 0.5) is 0 Å². The van der Waals surface area contributed by atoms with Crippen molar-refractivity contribution in [2.75, 3.05) is 13.2 Å². The van der Waals surface area contributed by atoms with Crippen LogP contribution in [0.5, 0.6) is 0 Å². The van der Waals surface area contributed by atoms with Crippen molar-refractivity contribution < 1.29 is 17.7 Å². The molecular weight excluding hydrogens is 216 g/mol. The molecule has 1 aromatic carbocycles. The largest absolute Gasteiger partial charge is 0.377 e. The van der Waals surface area contributed by atoms with Crippen LogP contribution in [0.2, 0.25) is 0 Å². The Morgan fingerprint density at radius 3 is 2.00 bits per heavy atom. The first-order valence-electron chi connectivity index (χ1n) is 4.32. The number of epoxide rings is 1. The normalized spacial score (nSPS) is 13.7. The lowest BCUT2D eigenvalue weighted by molar-refractivity contribution is 0.475. The molecule has 1 aliphatic rings. The first-order valence-corrected chi connectivity index (χ1v) is 5.76. The van der Waals surface area contributed by atoms with Crippen LogP contribution in [0.15, 0.2) is 35.7 Å². The Morgan fingerprint density at radius 1 is 1.27 bits per heavy atom. The van der Waals surface area contributed by atoms with Crippen LogP contribution in [0.3, 0.4) is 0 Å². The molecule has 0 atom stereocenters. The van der Waals surface area contributed by atoms with Crippen LogP contribution in [0, 0.1) is 0 Å². The van der Waals surface area contributed by atoms with Gasteiger partial charge in [0.2, 0.25) is 0 Å². The number of hydrogen-bond donors (Lipinski definition) is 1. The maximum absolute atomic E-state index is 10.6. The molecule has 0 radical (unpaired) electrons. The zero-order valence-corrected chi connectivity index (χ0v) is 8.90. The van der Waals surface area contributed by atoms with Crippen LogP contribution >= 0.6 is 0 Å². The summed E-state index contributed by atoms with van der Waals surface area (Å²) >= 11 is 0. The van der Waals surface area contributed by atoms with E-state index >= 15 is 0 Å². The highest BCUT2D eigenvalue weighted by Crippen LogP contribution is 2.10. The van der Waals surface area contributed by atoms with Crippen molar-refractivity contribution in [3.8, 4) is 0 Å². The zero-order chi connectivity index (χ0) is 11.3. The molecule has 1 N–H and O–H groups in total. The Hall–Kier alpha value is -1.17. The van der Waals surface area contributed by atoms with Crippen LogP contribution in [-0.2, 0) is 14.9 Å². The first-order chi connectivity index (χ1) is 7.04. The molecule has 1 saturated heterocycles. The molecule has 0 unspecified atom stereocenters. The van der Waals surface area contributed by atoms with E-state index in [9.17, 15) is 8.42 Å². The van der Waals surface area contributed by atoms with Crippen LogP contribution < -0.4 is 0 Å². The molecule has 15 heavy (non-hydrogen) atoms. The van der Waals surface area contributed by atoms with E-state index in [0.717, 1.165) is 18.8 Å². The Labute approximate surface area is 88.9 Å². The molecule has 1 aromatic rings. The number of hydrogen-bond acceptors (Lipinski definition) is 3. The topological polar surface area (TPSA) is 66.9 Å². The van der Waals surface area contributed by atoms with Crippen molar-refractivity contribution in [2.24, 2.45) is 0 Å². The summed E-state index contributed by atoms with van der Waals surface area (Å²) in [7, 11) is -4.06. The Bertz CT molecular complexity index is 414. The second-order valence-electron chi connectivity index (χ2n) is 2.86. The summed E-state index contributed by atoms with van der Waals surface area (Å²) in [5.74, 6) is 0. The minimum Gasteiger partial charge on any atom is -0.377 e. The summed E-state index contributed by atoms with van der Waals surface area (Å²) in [6, 6.07) is 5.78. The van der Waals surface area contributed by atoms with Crippen molar-refractivity contribution >= 4 is 16.2 Å². The van der Waals surface area contributed by atoms with E-state index in [1.54, 1.807) is 18.2 Å². The second-order valence-corrected chi connectivity index (χ2v) is 4.28. The summed E-state index contributed by atoms with van der Waals surface area (Å²) in [5, 5.41) is 0. The molecule has 4 nitrogen and oxygen atoms in total. The second kappa shape index (κ2) is 5.06. The maximum atomic E-state index is 10.6.